The second kappa shape index (κ2) is 12.4. The van der Waals surface area contributed by atoms with E-state index in [2.05, 4.69) is 15.3 Å². The summed E-state index contributed by atoms with van der Waals surface area (Å²) >= 11 is 1.19. The van der Waals surface area contributed by atoms with Crippen LogP contribution >= 0.6 is 36.2 Å². The molecule has 2 saturated heterocycles. The quantitative estimate of drug-likeness (QED) is 0.365. The first-order valence-electron chi connectivity index (χ1n) is 14.3. The lowest BCUT2D eigenvalue weighted by Gasteiger charge is -2.21. The number of piperidine rings is 1. The minimum absolute atomic E-state index is 0. The number of thiophene rings is 1. The largest absolute Gasteiger partial charge is 0.433 e. The fourth-order valence-corrected chi connectivity index (χ4v) is 7.52. The van der Waals surface area contributed by atoms with Crippen LogP contribution in [0.4, 0.5) is 13.2 Å². The summed E-state index contributed by atoms with van der Waals surface area (Å²) in [6.07, 6.45) is -2.87. The minimum atomic E-state index is -4.76. The molecule has 10 nitrogen and oxygen atoms in total. The van der Waals surface area contributed by atoms with Gasteiger partial charge in [0.15, 0.2) is 0 Å². The first-order chi connectivity index (χ1) is 20.6. The Kier molecular flexibility index (Phi) is 9.55. The number of nitrogens with two attached hydrogens (primary N) is 1. The SMILES string of the molecule is Cc1cc(C(F)(F)F)nc(-c2ccnc3cc(CN4C(=O)C5C(C4=O)C5(C)C)sc23)c1C(=O)N1CCC(NC(=O)[C@H](C)N)C1.Cl.Cl. The van der Waals surface area contributed by atoms with Crippen LogP contribution in [0.3, 0.4) is 0 Å². The van der Waals surface area contributed by atoms with Crippen LogP contribution in [0, 0.1) is 24.2 Å². The number of fused-ring (bicyclic) bond motifs is 2. The number of hydrogen-bond donors (Lipinski definition) is 2. The molecule has 2 aliphatic heterocycles. The molecule has 3 aliphatic rings. The van der Waals surface area contributed by atoms with Crippen LogP contribution in [-0.4, -0.2) is 68.6 Å². The number of nitrogens with zero attached hydrogens (tertiary/aromatic N) is 4. The van der Waals surface area contributed by atoms with Crippen LogP contribution < -0.4 is 11.1 Å². The fraction of sp³-hybridized carbons (Fsp3) is 0.467. The number of carbonyl (C=O) groups is 4. The summed E-state index contributed by atoms with van der Waals surface area (Å²) in [7, 11) is 0. The van der Waals surface area contributed by atoms with E-state index in [0.717, 1.165) is 6.07 Å². The van der Waals surface area contributed by atoms with E-state index in [-0.39, 0.29) is 108 Å². The number of alkyl halides is 3. The Morgan fingerprint density at radius 2 is 1.83 bits per heavy atom. The Morgan fingerprint density at radius 1 is 1.17 bits per heavy atom. The maximum Gasteiger partial charge on any atom is 0.433 e. The lowest BCUT2D eigenvalue weighted by Crippen LogP contribution is -2.45. The molecule has 4 atom stereocenters. The Balaban J connectivity index is 0.00000240. The minimum Gasteiger partial charge on any atom is -0.350 e. The molecule has 248 valence electrons. The van der Waals surface area contributed by atoms with Crippen molar-refractivity contribution in [3.8, 4) is 11.3 Å². The van der Waals surface area contributed by atoms with Crippen LogP contribution in [-0.2, 0) is 27.1 Å². The highest BCUT2D eigenvalue weighted by molar-refractivity contribution is 7.19. The Bertz CT molecular complexity index is 1720. The molecule has 3 aromatic rings. The van der Waals surface area contributed by atoms with Crippen LogP contribution in [0.5, 0.6) is 0 Å². The highest BCUT2D eigenvalue weighted by Crippen LogP contribution is 2.63. The van der Waals surface area contributed by atoms with Crippen molar-refractivity contribution >= 4 is 70.0 Å². The van der Waals surface area contributed by atoms with E-state index in [1.165, 1.54) is 40.3 Å². The third-order valence-electron chi connectivity index (χ3n) is 8.88. The first-order valence-corrected chi connectivity index (χ1v) is 15.1. The van der Waals surface area contributed by atoms with Gasteiger partial charge in [0.2, 0.25) is 17.7 Å². The molecular weight excluding hydrogens is 668 g/mol. The number of aryl methyl sites for hydroxylation is 1. The molecule has 16 heteroatoms. The zero-order valence-electron chi connectivity index (χ0n) is 25.3. The summed E-state index contributed by atoms with van der Waals surface area (Å²) in [4.78, 5) is 63.5. The maximum atomic E-state index is 14.0. The molecule has 4 amide bonds. The first kappa shape index (κ1) is 35.5. The van der Waals surface area contributed by atoms with Crippen molar-refractivity contribution in [1.82, 2.24) is 25.1 Å². The molecule has 3 unspecified atom stereocenters. The summed E-state index contributed by atoms with van der Waals surface area (Å²) in [5, 5.41) is 2.80. The summed E-state index contributed by atoms with van der Waals surface area (Å²) in [5.41, 5.74) is 4.88. The van der Waals surface area contributed by atoms with E-state index < -0.39 is 23.8 Å². The van der Waals surface area contributed by atoms with Gasteiger partial charge in [0.05, 0.1) is 45.9 Å². The molecule has 0 radical (unpaired) electrons. The molecule has 6 rings (SSSR count). The highest BCUT2D eigenvalue weighted by Gasteiger charge is 2.72. The van der Waals surface area contributed by atoms with Gasteiger partial charge in [-0.05, 0) is 49.4 Å². The Hall–Kier alpha value is -3.33. The van der Waals surface area contributed by atoms with Crippen molar-refractivity contribution in [2.75, 3.05) is 13.1 Å². The number of carbonyl (C=O) groups excluding carboxylic acids is 4. The summed E-state index contributed by atoms with van der Waals surface area (Å²) < 4.78 is 42.4. The molecule has 1 aliphatic carbocycles. The molecule has 3 aromatic heterocycles. The van der Waals surface area contributed by atoms with Gasteiger partial charge in [0, 0.05) is 35.8 Å². The van der Waals surface area contributed by atoms with Crippen LogP contribution in [0.25, 0.3) is 21.5 Å². The molecule has 5 heterocycles. The van der Waals surface area contributed by atoms with E-state index in [4.69, 9.17) is 5.73 Å². The van der Waals surface area contributed by atoms with E-state index in [0.29, 0.717) is 21.5 Å². The van der Waals surface area contributed by atoms with Gasteiger partial charge in [-0.2, -0.15) is 13.2 Å². The topological polar surface area (TPSA) is 139 Å². The maximum absolute atomic E-state index is 14.0. The second-order valence-corrected chi connectivity index (χ2v) is 13.5. The van der Waals surface area contributed by atoms with Gasteiger partial charge in [-0.3, -0.25) is 29.1 Å². The van der Waals surface area contributed by atoms with E-state index in [9.17, 15) is 32.3 Å². The highest BCUT2D eigenvalue weighted by atomic mass is 35.5. The average Bonchev–Trinajstić information content (AvgIpc) is 3.35. The predicted octanol–water partition coefficient (Wildman–Crippen LogP) is 4.35. The van der Waals surface area contributed by atoms with Crippen LogP contribution in [0.1, 0.15) is 53.7 Å². The number of halogens is 5. The van der Waals surface area contributed by atoms with Gasteiger partial charge >= 0.3 is 6.18 Å². The third-order valence-corrected chi connectivity index (χ3v) is 10.0. The molecule has 0 aromatic carbocycles. The van der Waals surface area contributed by atoms with Crippen molar-refractivity contribution in [3.63, 3.8) is 0 Å². The van der Waals surface area contributed by atoms with Gasteiger partial charge in [-0.1, -0.05) is 13.8 Å². The Labute approximate surface area is 279 Å². The lowest BCUT2D eigenvalue weighted by atomic mass is 9.99. The Morgan fingerprint density at radius 3 is 2.43 bits per heavy atom. The number of pyridine rings is 2. The smallest absolute Gasteiger partial charge is 0.350 e. The van der Waals surface area contributed by atoms with Crippen LogP contribution in [0.15, 0.2) is 24.4 Å². The molecular formula is C30H33Cl2F3N6O4S. The summed E-state index contributed by atoms with van der Waals surface area (Å²) in [6, 6.07) is 3.01. The van der Waals surface area contributed by atoms with E-state index in [1.807, 2.05) is 13.8 Å². The van der Waals surface area contributed by atoms with Crippen molar-refractivity contribution in [1.29, 1.82) is 0 Å². The number of nitrogens with one attached hydrogen (secondary N) is 1. The third kappa shape index (κ3) is 5.96. The zero-order chi connectivity index (χ0) is 31.9. The number of rotatable bonds is 6. The summed E-state index contributed by atoms with van der Waals surface area (Å²) in [5.74, 6) is -1.97. The van der Waals surface area contributed by atoms with Crippen LogP contribution in [0.2, 0.25) is 0 Å². The number of aromatic nitrogens is 2. The molecule has 0 spiro atoms. The number of imide groups is 1. The number of hydrogen-bond acceptors (Lipinski definition) is 8. The van der Waals surface area contributed by atoms with Crippen molar-refractivity contribution < 1.29 is 32.3 Å². The monoisotopic (exact) mass is 700 g/mol. The molecule has 3 N–H and O–H groups in total. The van der Waals surface area contributed by atoms with Gasteiger partial charge in [0.1, 0.15) is 5.69 Å². The summed E-state index contributed by atoms with van der Waals surface area (Å²) in [6.45, 7) is 7.27. The lowest BCUT2D eigenvalue weighted by molar-refractivity contribution is -0.144. The van der Waals surface area contributed by atoms with E-state index in [1.54, 1.807) is 13.0 Å². The average molecular weight is 702 g/mol. The number of amides is 4. The normalized spacial score (nSPS) is 22.3. The molecule has 0 bridgehead atoms. The van der Waals surface area contributed by atoms with Gasteiger partial charge < -0.3 is 16.0 Å². The van der Waals surface area contributed by atoms with Gasteiger partial charge in [-0.25, -0.2) is 4.98 Å². The van der Waals surface area contributed by atoms with E-state index >= 15 is 0 Å². The zero-order valence-corrected chi connectivity index (χ0v) is 27.8. The second-order valence-electron chi connectivity index (χ2n) is 12.4. The van der Waals surface area contributed by atoms with Gasteiger partial charge in [-0.15, -0.1) is 36.2 Å². The van der Waals surface area contributed by atoms with Crippen molar-refractivity contribution in [2.45, 2.75) is 58.9 Å². The molecule has 46 heavy (non-hydrogen) atoms. The predicted molar refractivity (Wildman–Crippen MR) is 170 cm³/mol. The van der Waals surface area contributed by atoms with Gasteiger partial charge in [0.25, 0.3) is 5.91 Å². The fourth-order valence-electron chi connectivity index (χ4n) is 6.40. The van der Waals surface area contributed by atoms with Crippen molar-refractivity contribution in [3.05, 3.63) is 46.1 Å². The number of likely N-dealkylation sites (tertiary alicyclic amines) is 2. The molecule has 1 saturated carbocycles. The standard InChI is InChI=1S/C30H31F3N6O4S.2ClH/c1-13-9-19(30(31,32)33)37-23(20(13)26(41)38-8-6-15(11-38)36-25(40)14(2)34)17-5-7-35-18-10-16(44-24(17)18)12-39-27(42)21-22(28(39)43)29(21,3)4;;/h5,7,9-10,14-15,21-22H,6,8,11-12,34H2,1-4H3,(H,36,40);2*1H/t14-,15?,21?,22?;;/m0../s1. The van der Waals surface area contributed by atoms with Crippen molar-refractivity contribution in [2.24, 2.45) is 23.0 Å². The molecule has 3 fully saturated rings.